The SMILES string of the molecule is COc1ccc(C(=O)N(C)CCN(C)C)cc1.Fc1ccc(C2CCNCC2)cc1. The lowest BCUT2D eigenvalue weighted by Gasteiger charge is -2.22. The minimum Gasteiger partial charge on any atom is -0.497 e. The summed E-state index contributed by atoms with van der Waals surface area (Å²) in [4.78, 5) is 15.8. The number of ether oxygens (including phenoxy) is 1. The molecule has 0 unspecified atom stereocenters. The lowest BCUT2D eigenvalue weighted by atomic mass is 9.90. The first-order chi connectivity index (χ1) is 14.4. The number of methoxy groups -OCH3 is 1. The molecule has 0 bridgehead atoms. The molecule has 1 amide bonds. The molecule has 1 fully saturated rings. The monoisotopic (exact) mass is 415 g/mol. The molecule has 0 aliphatic carbocycles. The quantitative estimate of drug-likeness (QED) is 0.783. The van der Waals surface area contributed by atoms with Gasteiger partial charge in [0.15, 0.2) is 0 Å². The zero-order chi connectivity index (χ0) is 21.9. The number of rotatable bonds is 6. The van der Waals surface area contributed by atoms with Gasteiger partial charge in [-0.05, 0) is 87.9 Å². The molecular weight excluding hydrogens is 381 g/mol. The highest BCUT2D eigenvalue weighted by Crippen LogP contribution is 2.24. The molecule has 0 saturated carbocycles. The summed E-state index contributed by atoms with van der Waals surface area (Å²) in [5.41, 5.74) is 1.97. The van der Waals surface area contributed by atoms with Gasteiger partial charge in [0.25, 0.3) is 5.91 Å². The summed E-state index contributed by atoms with van der Waals surface area (Å²) < 4.78 is 17.7. The van der Waals surface area contributed by atoms with Crippen LogP contribution in [0.5, 0.6) is 5.75 Å². The third-order valence-corrected chi connectivity index (χ3v) is 5.25. The van der Waals surface area contributed by atoms with Gasteiger partial charge in [-0.15, -0.1) is 0 Å². The van der Waals surface area contributed by atoms with Crippen LogP contribution in [0.3, 0.4) is 0 Å². The topological polar surface area (TPSA) is 44.8 Å². The van der Waals surface area contributed by atoms with Gasteiger partial charge in [-0.3, -0.25) is 4.79 Å². The number of amides is 1. The molecule has 1 saturated heterocycles. The number of nitrogens with one attached hydrogen (secondary N) is 1. The van der Waals surface area contributed by atoms with Gasteiger partial charge in [0.05, 0.1) is 7.11 Å². The Hall–Kier alpha value is -2.44. The first kappa shape index (κ1) is 23.8. The van der Waals surface area contributed by atoms with Crippen molar-refractivity contribution in [3.8, 4) is 5.75 Å². The number of carbonyl (C=O) groups is 1. The van der Waals surface area contributed by atoms with Crippen molar-refractivity contribution in [2.45, 2.75) is 18.8 Å². The molecule has 0 spiro atoms. The van der Waals surface area contributed by atoms with E-state index < -0.39 is 0 Å². The summed E-state index contributed by atoms with van der Waals surface area (Å²) in [6.45, 7) is 3.75. The number of piperidine rings is 1. The van der Waals surface area contributed by atoms with Crippen LogP contribution in [-0.2, 0) is 0 Å². The van der Waals surface area contributed by atoms with E-state index in [1.165, 1.54) is 18.4 Å². The van der Waals surface area contributed by atoms with E-state index in [4.69, 9.17) is 4.74 Å². The van der Waals surface area contributed by atoms with E-state index >= 15 is 0 Å². The van der Waals surface area contributed by atoms with Crippen LogP contribution in [0.15, 0.2) is 48.5 Å². The third-order valence-electron chi connectivity index (χ3n) is 5.25. The van der Waals surface area contributed by atoms with Crippen molar-refractivity contribution in [2.24, 2.45) is 0 Å². The molecule has 1 aliphatic heterocycles. The van der Waals surface area contributed by atoms with E-state index in [0.29, 0.717) is 11.5 Å². The number of benzene rings is 2. The number of nitrogens with zero attached hydrogens (tertiary/aromatic N) is 2. The van der Waals surface area contributed by atoms with Crippen LogP contribution in [0, 0.1) is 5.82 Å². The third kappa shape index (κ3) is 7.76. The van der Waals surface area contributed by atoms with Crippen molar-refractivity contribution < 1.29 is 13.9 Å². The summed E-state index contributed by atoms with van der Waals surface area (Å²) >= 11 is 0. The highest BCUT2D eigenvalue weighted by Gasteiger charge is 2.14. The molecular formula is C24H34FN3O2. The normalized spacial score (nSPS) is 14.1. The van der Waals surface area contributed by atoms with Gasteiger partial charge in [0.1, 0.15) is 11.6 Å². The second-order valence-corrected chi connectivity index (χ2v) is 7.83. The van der Waals surface area contributed by atoms with Crippen molar-refractivity contribution in [3.05, 3.63) is 65.5 Å². The molecule has 30 heavy (non-hydrogen) atoms. The molecule has 0 aromatic heterocycles. The fourth-order valence-electron chi connectivity index (χ4n) is 3.30. The van der Waals surface area contributed by atoms with Gasteiger partial charge >= 0.3 is 0 Å². The van der Waals surface area contributed by atoms with Crippen LogP contribution in [0.2, 0.25) is 0 Å². The highest BCUT2D eigenvalue weighted by molar-refractivity contribution is 5.94. The lowest BCUT2D eigenvalue weighted by molar-refractivity contribution is 0.0786. The second kappa shape index (κ2) is 12.3. The summed E-state index contributed by atoms with van der Waals surface area (Å²) in [5.74, 6) is 1.28. The largest absolute Gasteiger partial charge is 0.497 e. The van der Waals surface area contributed by atoms with Crippen molar-refractivity contribution in [3.63, 3.8) is 0 Å². The maximum atomic E-state index is 12.6. The Bertz CT molecular complexity index is 757. The van der Waals surface area contributed by atoms with Crippen LogP contribution in [-0.4, -0.2) is 70.1 Å². The van der Waals surface area contributed by atoms with Gasteiger partial charge in [0.2, 0.25) is 0 Å². The van der Waals surface area contributed by atoms with Gasteiger partial charge in [-0.1, -0.05) is 12.1 Å². The highest BCUT2D eigenvalue weighted by atomic mass is 19.1. The molecule has 1 N–H and O–H groups in total. The van der Waals surface area contributed by atoms with Gasteiger partial charge in [-0.2, -0.15) is 0 Å². The second-order valence-electron chi connectivity index (χ2n) is 7.83. The summed E-state index contributed by atoms with van der Waals surface area (Å²) in [6, 6.07) is 14.1. The predicted octanol–water partition coefficient (Wildman–Crippen LogP) is 3.62. The minimum atomic E-state index is -0.141. The zero-order valence-electron chi connectivity index (χ0n) is 18.5. The fraction of sp³-hybridized carbons (Fsp3) is 0.458. The van der Waals surface area contributed by atoms with Crippen LogP contribution >= 0.6 is 0 Å². The van der Waals surface area contributed by atoms with Crippen LogP contribution in [0.1, 0.15) is 34.7 Å². The Morgan fingerprint density at radius 1 is 1.00 bits per heavy atom. The van der Waals surface area contributed by atoms with E-state index in [1.807, 2.05) is 33.3 Å². The molecule has 6 heteroatoms. The summed E-state index contributed by atoms with van der Waals surface area (Å²) in [6.07, 6.45) is 2.34. The molecule has 1 aliphatic rings. The maximum absolute atomic E-state index is 12.6. The maximum Gasteiger partial charge on any atom is 0.253 e. The number of hydrogen-bond donors (Lipinski definition) is 1. The van der Waals surface area contributed by atoms with Crippen molar-refractivity contribution in [2.75, 3.05) is 54.4 Å². The zero-order valence-corrected chi connectivity index (χ0v) is 18.5. The van der Waals surface area contributed by atoms with Crippen LogP contribution in [0.4, 0.5) is 4.39 Å². The molecule has 1 heterocycles. The first-order valence-electron chi connectivity index (χ1n) is 10.4. The number of carbonyl (C=O) groups excluding carboxylic acids is 1. The lowest BCUT2D eigenvalue weighted by Crippen LogP contribution is -2.33. The first-order valence-corrected chi connectivity index (χ1v) is 10.4. The van der Waals surface area contributed by atoms with Crippen LogP contribution < -0.4 is 10.1 Å². The fourth-order valence-corrected chi connectivity index (χ4v) is 3.30. The average molecular weight is 416 g/mol. The Balaban J connectivity index is 0.000000220. The van der Waals surface area contributed by atoms with E-state index in [2.05, 4.69) is 10.2 Å². The summed E-state index contributed by atoms with van der Waals surface area (Å²) in [7, 11) is 7.41. The Morgan fingerprint density at radius 2 is 1.60 bits per heavy atom. The molecule has 0 atom stereocenters. The molecule has 2 aromatic rings. The standard InChI is InChI=1S/C13H20N2O2.C11H14FN/c1-14(2)9-10-15(3)13(16)11-5-7-12(17-4)8-6-11;12-11-3-1-9(2-4-11)10-5-7-13-8-6-10/h5-8H,9-10H2,1-4H3;1-4,10,13H,5-8H2. The molecule has 164 valence electrons. The number of halogens is 1. The van der Waals surface area contributed by atoms with E-state index in [1.54, 1.807) is 48.4 Å². The molecule has 5 nitrogen and oxygen atoms in total. The van der Waals surface area contributed by atoms with Gasteiger partial charge in [0, 0.05) is 25.7 Å². The molecule has 2 aromatic carbocycles. The van der Waals surface area contributed by atoms with Gasteiger partial charge in [-0.25, -0.2) is 4.39 Å². The predicted molar refractivity (Wildman–Crippen MR) is 120 cm³/mol. The van der Waals surface area contributed by atoms with E-state index in [9.17, 15) is 9.18 Å². The number of hydrogen-bond acceptors (Lipinski definition) is 4. The van der Waals surface area contributed by atoms with Crippen molar-refractivity contribution in [1.29, 1.82) is 0 Å². The van der Waals surface area contributed by atoms with Crippen molar-refractivity contribution in [1.82, 2.24) is 15.1 Å². The van der Waals surface area contributed by atoms with Crippen LogP contribution in [0.25, 0.3) is 0 Å². The molecule has 3 rings (SSSR count). The van der Waals surface area contributed by atoms with E-state index in [-0.39, 0.29) is 11.7 Å². The average Bonchev–Trinajstić information content (AvgIpc) is 2.78. The summed E-state index contributed by atoms with van der Waals surface area (Å²) in [5, 5.41) is 3.32. The van der Waals surface area contributed by atoms with E-state index in [0.717, 1.165) is 31.9 Å². The Labute approximate surface area is 179 Å². The number of likely N-dealkylation sites (N-methyl/N-ethyl adjacent to an activating group) is 2. The van der Waals surface area contributed by atoms with Crippen molar-refractivity contribution >= 4 is 5.91 Å². The Morgan fingerprint density at radius 3 is 2.13 bits per heavy atom. The van der Waals surface area contributed by atoms with Gasteiger partial charge < -0.3 is 19.9 Å². The Kier molecular flexibility index (Phi) is 9.77. The smallest absolute Gasteiger partial charge is 0.253 e. The molecule has 0 radical (unpaired) electrons. The minimum absolute atomic E-state index is 0.0366.